The maximum atomic E-state index is 13.2. The second-order valence-corrected chi connectivity index (χ2v) is 7.26. The van der Waals surface area contributed by atoms with Crippen molar-refractivity contribution in [3.8, 4) is 11.1 Å². The fourth-order valence-electron chi connectivity index (χ4n) is 3.34. The topological polar surface area (TPSA) is 0 Å². The Balaban J connectivity index is 2.31. The summed E-state index contributed by atoms with van der Waals surface area (Å²) < 4.78 is 79.3. The van der Waals surface area contributed by atoms with Crippen LogP contribution >= 0.6 is 0 Å². The van der Waals surface area contributed by atoms with E-state index in [4.69, 9.17) is 0 Å². The van der Waals surface area contributed by atoms with Crippen molar-refractivity contribution in [2.75, 3.05) is 0 Å². The first kappa shape index (κ1) is 19.5. The number of hydrogen-bond acceptors (Lipinski definition) is 0. The summed E-state index contributed by atoms with van der Waals surface area (Å²) in [4.78, 5) is 0. The number of halogens is 6. The molecule has 0 aromatic heterocycles. The Bertz CT molecular complexity index is 881. The van der Waals surface area contributed by atoms with Gasteiger partial charge >= 0.3 is 12.4 Å². The van der Waals surface area contributed by atoms with Gasteiger partial charge in [-0.25, -0.2) is 0 Å². The summed E-state index contributed by atoms with van der Waals surface area (Å²) in [5.41, 5.74) is 1.29. The Morgan fingerprint density at radius 1 is 0.815 bits per heavy atom. The van der Waals surface area contributed by atoms with Gasteiger partial charge in [-0.3, -0.25) is 0 Å². The molecule has 0 radical (unpaired) electrons. The van der Waals surface area contributed by atoms with E-state index in [-0.39, 0.29) is 17.5 Å². The van der Waals surface area contributed by atoms with Gasteiger partial charge in [-0.05, 0) is 65.3 Å². The second-order valence-electron chi connectivity index (χ2n) is 7.26. The van der Waals surface area contributed by atoms with E-state index in [2.05, 4.69) is 0 Å². The van der Waals surface area contributed by atoms with Gasteiger partial charge in [-0.15, -0.1) is 0 Å². The van der Waals surface area contributed by atoms with Gasteiger partial charge in [0.25, 0.3) is 0 Å². The molecule has 0 atom stereocenters. The summed E-state index contributed by atoms with van der Waals surface area (Å²) in [5.74, 6) is 0.0999. The molecule has 2 aromatic carbocycles. The molecule has 6 heteroatoms. The van der Waals surface area contributed by atoms with E-state index < -0.39 is 23.5 Å². The quantitative estimate of drug-likeness (QED) is 0.471. The summed E-state index contributed by atoms with van der Waals surface area (Å²) >= 11 is 0. The van der Waals surface area contributed by atoms with Gasteiger partial charge in [0.2, 0.25) is 0 Å². The smallest absolute Gasteiger partial charge is 0.166 e. The van der Waals surface area contributed by atoms with E-state index in [9.17, 15) is 26.3 Å². The van der Waals surface area contributed by atoms with Crippen molar-refractivity contribution in [1.82, 2.24) is 0 Å². The van der Waals surface area contributed by atoms with Crippen LogP contribution in [0.5, 0.6) is 0 Å². The third-order valence-corrected chi connectivity index (χ3v) is 4.71. The van der Waals surface area contributed by atoms with Crippen molar-refractivity contribution in [2.24, 2.45) is 0 Å². The Hall–Kier alpha value is -2.24. The molecule has 0 aliphatic heterocycles. The number of alkyl halides is 6. The standard InChI is InChI=1S/C21H18F6/c1-11(2)13-6-14-4-12(3)5-18(14)19(9-13)15-7-16(20(22,23)24)10-17(8-15)21(25,26)27/h5-11H,4H2,1-3H3. The maximum absolute atomic E-state index is 13.2. The van der Waals surface area contributed by atoms with E-state index in [1.165, 1.54) is 0 Å². The van der Waals surface area contributed by atoms with Crippen molar-refractivity contribution < 1.29 is 26.3 Å². The molecule has 0 saturated carbocycles. The van der Waals surface area contributed by atoms with Crippen LogP contribution in [0.25, 0.3) is 17.2 Å². The average molecular weight is 384 g/mol. The van der Waals surface area contributed by atoms with Gasteiger partial charge < -0.3 is 0 Å². The highest BCUT2D eigenvalue weighted by molar-refractivity contribution is 5.82. The molecule has 27 heavy (non-hydrogen) atoms. The van der Waals surface area contributed by atoms with Crippen LogP contribution < -0.4 is 0 Å². The molecule has 0 fully saturated rings. The average Bonchev–Trinajstić information content (AvgIpc) is 2.91. The van der Waals surface area contributed by atoms with Gasteiger partial charge in [0, 0.05) is 0 Å². The van der Waals surface area contributed by atoms with E-state index in [1.54, 1.807) is 6.07 Å². The molecule has 0 amide bonds. The molecule has 0 nitrogen and oxygen atoms in total. The molecule has 144 valence electrons. The SMILES string of the molecule is CC1=Cc2c(cc(C(C)C)cc2-c2cc(C(F)(F)F)cc(C(F)(F)F)c2)C1. The third-order valence-electron chi connectivity index (χ3n) is 4.71. The minimum absolute atomic E-state index is 0.0677. The first-order chi connectivity index (χ1) is 12.4. The van der Waals surface area contributed by atoms with E-state index in [0.29, 0.717) is 17.5 Å². The lowest BCUT2D eigenvalue weighted by Crippen LogP contribution is -2.11. The Morgan fingerprint density at radius 2 is 1.37 bits per heavy atom. The van der Waals surface area contributed by atoms with Crippen LogP contribution in [0.3, 0.4) is 0 Å². The van der Waals surface area contributed by atoms with E-state index in [0.717, 1.165) is 28.8 Å². The molecule has 1 aliphatic rings. The van der Waals surface area contributed by atoms with Gasteiger partial charge in [0.05, 0.1) is 11.1 Å². The van der Waals surface area contributed by atoms with Gasteiger partial charge in [-0.1, -0.05) is 37.6 Å². The zero-order valence-electron chi connectivity index (χ0n) is 15.0. The van der Waals surface area contributed by atoms with Gasteiger partial charge in [0.1, 0.15) is 0 Å². The van der Waals surface area contributed by atoms with Crippen LogP contribution in [0.4, 0.5) is 26.3 Å². The van der Waals surface area contributed by atoms with Gasteiger partial charge in [0.15, 0.2) is 0 Å². The van der Waals surface area contributed by atoms with Crippen molar-refractivity contribution in [3.05, 3.63) is 63.7 Å². The molecule has 1 aliphatic carbocycles. The molecule has 0 bridgehead atoms. The predicted octanol–water partition coefficient (Wildman–Crippen LogP) is 7.47. The van der Waals surface area contributed by atoms with Crippen molar-refractivity contribution >= 4 is 6.08 Å². The number of rotatable bonds is 2. The molecule has 2 aromatic rings. The Kier molecular flexibility index (Phi) is 4.65. The highest BCUT2D eigenvalue weighted by Crippen LogP contribution is 2.42. The van der Waals surface area contributed by atoms with Crippen molar-refractivity contribution in [1.29, 1.82) is 0 Å². The Labute approximate surface area is 153 Å². The van der Waals surface area contributed by atoms with E-state index in [1.807, 2.05) is 32.9 Å². The second kappa shape index (κ2) is 6.43. The fourth-order valence-corrected chi connectivity index (χ4v) is 3.34. The summed E-state index contributed by atoms with van der Waals surface area (Å²) in [6.45, 7) is 5.77. The molecule has 0 spiro atoms. The number of allylic oxidation sites excluding steroid dienone is 1. The summed E-state index contributed by atoms with van der Waals surface area (Å²) in [5, 5.41) is 0. The van der Waals surface area contributed by atoms with Crippen LogP contribution in [0.2, 0.25) is 0 Å². The van der Waals surface area contributed by atoms with Crippen LogP contribution in [0.1, 0.15) is 54.5 Å². The summed E-state index contributed by atoms with van der Waals surface area (Å²) in [7, 11) is 0. The highest BCUT2D eigenvalue weighted by Gasteiger charge is 2.37. The summed E-state index contributed by atoms with van der Waals surface area (Å²) in [6, 6.07) is 5.45. The molecule has 0 heterocycles. The molecule has 3 rings (SSSR count). The molecular formula is C21H18F6. The number of fused-ring (bicyclic) bond motifs is 1. The third kappa shape index (κ3) is 3.89. The van der Waals surface area contributed by atoms with Gasteiger partial charge in [-0.2, -0.15) is 26.3 Å². The lowest BCUT2D eigenvalue weighted by molar-refractivity contribution is -0.143. The zero-order valence-corrected chi connectivity index (χ0v) is 15.0. The van der Waals surface area contributed by atoms with E-state index >= 15 is 0 Å². The molecular weight excluding hydrogens is 366 g/mol. The van der Waals surface area contributed by atoms with Crippen LogP contribution in [-0.2, 0) is 18.8 Å². The first-order valence-electron chi connectivity index (χ1n) is 8.50. The minimum Gasteiger partial charge on any atom is -0.166 e. The minimum atomic E-state index is -4.86. The molecule has 0 N–H and O–H groups in total. The maximum Gasteiger partial charge on any atom is 0.416 e. The lowest BCUT2D eigenvalue weighted by Gasteiger charge is -2.18. The molecule has 0 unspecified atom stereocenters. The van der Waals surface area contributed by atoms with Crippen molar-refractivity contribution in [2.45, 2.75) is 45.5 Å². The highest BCUT2D eigenvalue weighted by atomic mass is 19.4. The molecule has 0 saturated heterocycles. The fraction of sp³-hybridized carbons (Fsp3) is 0.333. The lowest BCUT2D eigenvalue weighted by atomic mass is 9.89. The summed E-state index contributed by atoms with van der Waals surface area (Å²) in [6.07, 6.45) is -7.24. The first-order valence-corrected chi connectivity index (χ1v) is 8.50. The number of benzene rings is 2. The van der Waals surface area contributed by atoms with Crippen LogP contribution in [-0.4, -0.2) is 0 Å². The van der Waals surface area contributed by atoms with Crippen LogP contribution in [0, 0.1) is 0 Å². The number of hydrogen-bond donors (Lipinski definition) is 0. The largest absolute Gasteiger partial charge is 0.416 e. The van der Waals surface area contributed by atoms with Crippen LogP contribution in [0.15, 0.2) is 35.9 Å². The Morgan fingerprint density at radius 3 is 1.85 bits per heavy atom. The normalized spacial score (nSPS) is 14.5. The monoisotopic (exact) mass is 384 g/mol. The van der Waals surface area contributed by atoms with Crippen molar-refractivity contribution in [3.63, 3.8) is 0 Å². The zero-order chi connectivity index (χ0) is 20.1. The predicted molar refractivity (Wildman–Crippen MR) is 93.3 cm³/mol.